The Morgan fingerprint density at radius 3 is 2.67 bits per heavy atom. The molecule has 3 aromatic rings. The first kappa shape index (κ1) is 21.5. The quantitative estimate of drug-likeness (QED) is 0.366. The third-order valence-corrected chi connectivity index (χ3v) is 4.71. The van der Waals surface area contributed by atoms with Gasteiger partial charge in [-0.15, -0.1) is 11.8 Å². The van der Waals surface area contributed by atoms with E-state index in [-0.39, 0.29) is 5.75 Å². The lowest BCUT2D eigenvalue weighted by Crippen LogP contribution is -2.00. The molecule has 154 valence electrons. The highest BCUT2D eigenvalue weighted by Gasteiger charge is 2.12. The van der Waals surface area contributed by atoms with Gasteiger partial charge in [-0.1, -0.05) is 0 Å². The van der Waals surface area contributed by atoms with E-state index in [1.54, 1.807) is 24.4 Å². The molecular weight excluding hydrogens is 410 g/mol. The number of halogens is 2. The van der Waals surface area contributed by atoms with E-state index in [9.17, 15) is 8.78 Å². The first-order valence-corrected chi connectivity index (χ1v) is 10.0. The van der Waals surface area contributed by atoms with Crippen LogP contribution in [0.15, 0.2) is 53.7 Å². The Kier molecular flexibility index (Phi) is 7.54. The molecule has 2 aromatic heterocycles. The maximum Gasteiger partial charge on any atom is 0.175 e. The SMILES string of the molecule is CCOCCSc1cnc(Nc2ccc(C#N)cn2)c(Oc2ccc(F)c(F)c2)c1. The van der Waals surface area contributed by atoms with Gasteiger partial charge in [0.25, 0.3) is 0 Å². The van der Waals surface area contributed by atoms with Gasteiger partial charge in [0.2, 0.25) is 0 Å². The van der Waals surface area contributed by atoms with Gasteiger partial charge in [-0.05, 0) is 37.3 Å². The number of hydrogen-bond acceptors (Lipinski definition) is 7. The standard InChI is InChI=1S/C21H18F2N4O2S/c1-2-28-7-8-30-16-10-19(29-15-4-5-17(22)18(23)9-15)21(26-13-16)27-20-6-3-14(11-24)12-25-20/h3-6,9-10,12-13H,2,7-8H2,1H3,(H,25,26,27). The number of rotatable bonds is 9. The minimum absolute atomic E-state index is 0.128. The summed E-state index contributed by atoms with van der Waals surface area (Å²) in [7, 11) is 0. The molecule has 0 bridgehead atoms. The molecule has 0 fully saturated rings. The Bertz CT molecular complexity index is 1040. The third kappa shape index (κ3) is 5.89. The molecule has 0 radical (unpaired) electrons. The number of ether oxygens (including phenoxy) is 2. The maximum atomic E-state index is 13.6. The van der Waals surface area contributed by atoms with E-state index in [1.807, 2.05) is 13.0 Å². The topological polar surface area (TPSA) is 80.1 Å². The summed E-state index contributed by atoms with van der Waals surface area (Å²) in [5, 5.41) is 11.9. The summed E-state index contributed by atoms with van der Waals surface area (Å²) in [6, 6.07) is 10.3. The number of thioether (sulfide) groups is 1. The summed E-state index contributed by atoms with van der Waals surface area (Å²) >= 11 is 1.53. The van der Waals surface area contributed by atoms with Crippen molar-refractivity contribution in [1.29, 1.82) is 5.26 Å². The molecule has 0 atom stereocenters. The number of pyridine rings is 2. The molecule has 0 aliphatic rings. The lowest BCUT2D eigenvalue weighted by Gasteiger charge is -2.13. The lowest BCUT2D eigenvalue weighted by molar-refractivity contribution is 0.164. The van der Waals surface area contributed by atoms with Crippen LogP contribution < -0.4 is 10.1 Å². The fourth-order valence-electron chi connectivity index (χ4n) is 2.36. The average Bonchev–Trinajstić information content (AvgIpc) is 2.76. The summed E-state index contributed by atoms with van der Waals surface area (Å²) in [6.07, 6.45) is 3.09. The van der Waals surface area contributed by atoms with Gasteiger partial charge >= 0.3 is 0 Å². The number of nitrogens with one attached hydrogen (secondary N) is 1. The second-order valence-electron chi connectivity index (χ2n) is 5.91. The Labute approximate surface area is 176 Å². The summed E-state index contributed by atoms with van der Waals surface area (Å²) in [5.41, 5.74) is 0.424. The fourth-order valence-corrected chi connectivity index (χ4v) is 3.12. The predicted molar refractivity (Wildman–Crippen MR) is 110 cm³/mol. The monoisotopic (exact) mass is 428 g/mol. The Balaban J connectivity index is 1.85. The predicted octanol–water partition coefficient (Wildman–Crippen LogP) is 5.29. The molecule has 0 aliphatic heterocycles. The summed E-state index contributed by atoms with van der Waals surface area (Å²) in [6.45, 7) is 3.16. The number of anilines is 2. The smallest absolute Gasteiger partial charge is 0.175 e. The van der Waals surface area contributed by atoms with Crippen LogP contribution in [0.2, 0.25) is 0 Å². The van der Waals surface area contributed by atoms with Crippen LogP contribution in [0, 0.1) is 23.0 Å². The summed E-state index contributed by atoms with van der Waals surface area (Å²) < 4.78 is 37.9. The van der Waals surface area contributed by atoms with Crippen LogP contribution in [-0.2, 0) is 4.74 Å². The molecule has 0 unspecified atom stereocenters. The highest BCUT2D eigenvalue weighted by molar-refractivity contribution is 7.99. The van der Waals surface area contributed by atoms with Crippen molar-refractivity contribution in [2.24, 2.45) is 0 Å². The first-order valence-electron chi connectivity index (χ1n) is 9.05. The van der Waals surface area contributed by atoms with Crippen LogP contribution >= 0.6 is 11.8 Å². The van der Waals surface area contributed by atoms with Crippen molar-refractivity contribution in [3.8, 4) is 17.6 Å². The molecular formula is C21H18F2N4O2S. The van der Waals surface area contributed by atoms with E-state index in [4.69, 9.17) is 14.7 Å². The molecule has 6 nitrogen and oxygen atoms in total. The molecule has 3 rings (SSSR count). The minimum Gasteiger partial charge on any atom is -0.453 e. The molecule has 1 N–H and O–H groups in total. The second kappa shape index (κ2) is 10.5. The molecule has 30 heavy (non-hydrogen) atoms. The maximum absolute atomic E-state index is 13.6. The van der Waals surface area contributed by atoms with E-state index >= 15 is 0 Å². The van der Waals surface area contributed by atoms with Crippen LogP contribution in [0.4, 0.5) is 20.4 Å². The van der Waals surface area contributed by atoms with Crippen molar-refractivity contribution in [2.45, 2.75) is 11.8 Å². The molecule has 1 aromatic carbocycles. The highest BCUT2D eigenvalue weighted by atomic mass is 32.2. The largest absolute Gasteiger partial charge is 0.453 e. The van der Waals surface area contributed by atoms with Gasteiger partial charge in [-0.2, -0.15) is 5.26 Å². The Morgan fingerprint density at radius 2 is 1.97 bits per heavy atom. The zero-order valence-corrected chi connectivity index (χ0v) is 16.9. The van der Waals surface area contributed by atoms with Crippen molar-refractivity contribution >= 4 is 23.4 Å². The minimum atomic E-state index is -1.01. The zero-order valence-electron chi connectivity index (χ0n) is 16.1. The Morgan fingerprint density at radius 1 is 1.10 bits per heavy atom. The van der Waals surface area contributed by atoms with Crippen LogP contribution in [0.25, 0.3) is 0 Å². The molecule has 0 saturated carbocycles. The average molecular weight is 428 g/mol. The number of nitrogens with zero attached hydrogens (tertiary/aromatic N) is 3. The van der Waals surface area contributed by atoms with Gasteiger partial charge < -0.3 is 14.8 Å². The van der Waals surface area contributed by atoms with Crippen LogP contribution in [0.5, 0.6) is 11.5 Å². The van der Waals surface area contributed by atoms with E-state index in [0.29, 0.717) is 36.2 Å². The van der Waals surface area contributed by atoms with Gasteiger partial charge in [0, 0.05) is 35.7 Å². The van der Waals surface area contributed by atoms with Gasteiger partial charge in [0.1, 0.15) is 17.6 Å². The van der Waals surface area contributed by atoms with Crippen LogP contribution in [0.3, 0.4) is 0 Å². The zero-order chi connectivity index (χ0) is 21.3. The lowest BCUT2D eigenvalue weighted by atomic mass is 10.3. The molecule has 9 heteroatoms. The van der Waals surface area contributed by atoms with E-state index in [1.165, 1.54) is 24.0 Å². The van der Waals surface area contributed by atoms with E-state index in [0.717, 1.165) is 22.8 Å². The van der Waals surface area contributed by atoms with Gasteiger partial charge in [0.05, 0.1) is 12.2 Å². The second-order valence-corrected chi connectivity index (χ2v) is 7.08. The molecule has 0 amide bonds. The van der Waals surface area contributed by atoms with Gasteiger partial charge in [-0.3, -0.25) is 0 Å². The molecule has 0 saturated heterocycles. The first-order chi connectivity index (χ1) is 14.6. The highest BCUT2D eigenvalue weighted by Crippen LogP contribution is 2.33. The number of hydrogen-bond donors (Lipinski definition) is 1. The van der Waals surface area contributed by atoms with Crippen molar-refractivity contribution in [3.05, 3.63) is 66.0 Å². The summed E-state index contributed by atoms with van der Waals surface area (Å²) in [4.78, 5) is 9.36. The van der Waals surface area contributed by atoms with Crippen molar-refractivity contribution in [3.63, 3.8) is 0 Å². The normalized spacial score (nSPS) is 10.5. The number of nitriles is 1. The third-order valence-electron chi connectivity index (χ3n) is 3.79. The van der Waals surface area contributed by atoms with Crippen molar-refractivity contribution in [1.82, 2.24) is 9.97 Å². The molecule has 0 aliphatic carbocycles. The van der Waals surface area contributed by atoms with E-state index in [2.05, 4.69) is 15.3 Å². The number of aromatic nitrogens is 2. The van der Waals surface area contributed by atoms with Gasteiger partial charge in [0.15, 0.2) is 23.2 Å². The van der Waals surface area contributed by atoms with Crippen LogP contribution in [-0.4, -0.2) is 28.9 Å². The van der Waals surface area contributed by atoms with Crippen LogP contribution in [0.1, 0.15) is 12.5 Å². The Hall–Kier alpha value is -3.22. The van der Waals surface area contributed by atoms with Crippen molar-refractivity contribution in [2.75, 3.05) is 24.3 Å². The molecule has 0 spiro atoms. The summed E-state index contributed by atoms with van der Waals surface area (Å²) in [5.74, 6) is -0.00717. The van der Waals surface area contributed by atoms with Gasteiger partial charge in [-0.25, -0.2) is 18.7 Å². The molecule has 2 heterocycles. The number of benzene rings is 1. The van der Waals surface area contributed by atoms with E-state index < -0.39 is 11.6 Å². The van der Waals surface area contributed by atoms with Crippen molar-refractivity contribution < 1.29 is 18.3 Å². The fraction of sp³-hybridized carbons (Fsp3) is 0.190.